The van der Waals surface area contributed by atoms with Crippen LogP contribution in [0.5, 0.6) is 0 Å². The van der Waals surface area contributed by atoms with Gasteiger partial charge in [0.25, 0.3) is 0 Å². The minimum Gasteiger partial charge on any atom is -0.462 e. The highest BCUT2D eigenvalue weighted by atomic mass is 16.6. The van der Waals surface area contributed by atoms with Crippen LogP contribution in [0.4, 0.5) is 11.4 Å². The Morgan fingerprint density at radius 1 is 0.362 bits per heavy atom. The molecule has 5 aromatic rings. The third kappa shape index (κ3) is 24.6. The van der Waals surface area contributed by atoms with E-state index >= 15 is 0 Å². The first-order valence-electron chi connectivity index (χ1n) is 25.7. The second kappa shape index (κ2) is 36.8. The van der Waals surface area contributed by atoms with E-state index in [1.54, 1.807) is 104 Å². The Labute approximate surface area is 462 Å². The molecule has 0 bridgehead atoms. The monoisotopic (exact) mass is 1100 g/mol. The van der Waals surface area contributed by atoms with E-state index in [4.69, 9.17) is 52.1 Å². The van der Waals surface area contributed by atoms with Crippen LogP contribution in [-0.4, -0.2) is 160 Å². The maximum atomic E-state index is 12.8. The largest absolute Gasteiger partial charge is 0.462 e. The lowest BCUT2D eigenvalue weighted by Crippen LogP contribution is -2.16. The van der Waals surface area contributed by atoms with Crippen LogP contribution in [0.1, 0.15) is 75.4 Å². The lowest BCUT2D eigenvalue weighted by Gasteiger charge is -2.09. The number of ketones is 1. The van der Waals surface area contributed by atoms with E-state index in [2.05, 4.69) is 10.3 Å². The minimum absolute atomic E-state index is 0.0344. The molecule has 0 aromatic heterocycles. The van der Waals surface area contributed by atoms with E-state index in [0.717, 1.165) is 16.7 Å². The van der Waals surface area contributed by atoms with E-state index in [1.165, 1.54) is 30.3 Å². The van der Waals surface area contributed by atoms with Crippen molar-refractivity contribution in [3.63, 3.8) is 0 Å². The number of carbonyl (C=O) groups is 7. The molecule has 21 heteroatoms. The van der Waals surface area contributed by atoms with Crippen LogP contribution < -0.4 is 5.32 Å². The van der Waals surface area contributed by atoms with Crippen molar-refractivity contribution in [2.45, 2.75) is 26.2 Å². The van der Waals surface area contributed by atoms with Crippen LogP contribution in [0.15, 0.2) is 126 Å². The number of rotatable bonds is 38. The van der Waals surface area contributed by atoms with Gasteiger partial charge < -0.3 is 57.4 Å². The van der Waals surface area contributed by atoms with Crippen LogP contribution in [0.3, 0.4) is 0 Å². The topological polar surface area (TPSA) is 262 Å². The number of ether oxygens (including phenoxy) is 11. The number of isocyanates is 1. The Morgan fingerprint density at radius 2 is 0.637 bits per heavy atom. The summed E-state index contributed by atoms with van der Waals surface area (Å²) in [6.07, 6.45) is 1.83. The Hall–Kier alpha value is -8.27. The van der Waals surface area contributed by atoms with Crippen LogP contribution in [0.2, 0.25) is 0 Å². The van der Waals surface area contributed by atoms with Gasteiger partial charge in [-0.1, -0.05) is 36.4 Å². The van der Waals surface area contributed by atoms with Crippen molar-refractivity contribution in [2.75, 3.05) is 118 Å². The zero-order chi connectivity index (χ0) is 57.0. The highest BCUT2D eigenvalue weighted by Crippen LogP contribution is 2.16. The molecule has 21 nitrogen and oxygen atoms in total. The molecule has 0 saturated carbocycles. The number of hydrogen-bond donors (Lipinski definition) is 1. The third-order valence-corrected chi connectivity index (χ3v) is 11.0. The van der Waals surface area contributed by atoms with E-state index in [9.17, 15) is 38.4 Å². The zero-order valence-electron chi connectivity index (χ0n) is 44.4. The molecular weight excluding hydrogens is 1040 g/mol. The fourth-order valence-electron chi connectivity index (χ4n) is 7.00. The summed E-state index contributed by atoms with van der Waals surface area (Å²) in [5.74, 6) is -2.84. The van der Waals surface area contributed by atoms with Crippen LogP contribution in [0.25, 0.3) is 0 Å². The molecule has 1 N–H and O–H groups in total. The van der Waals surface area contributed by atoms with E-state index in [1.807, 2.05) is 0 Å². The van der Waals surface area contributed by atoms with Crippen molar-refractivity contribution < 1.29 is 90.5 Å². The number of nitrogens with zero attached hydrogens (tertiary/aromatic N) is 1. The summed E-state index contributed by atoms with van der Waals surface area (Å²) in [5, 5.41) is 2.78. The number of Topliss-reactive ketones (excluding diaryl/α,β-unsaturated/α-hetero) is 1. The number of amides is 1. The number of nitrogens with one attached hydrogen (secondary N) is 1. The summed E-state index contributed by atoms with van der Waals surface area (Å²) in [7, 11) is 0. The van der Waals surface area contributed by atoms with Gasteiger partial charge in [0, 0.05) is 18.5 Å². The fraction of sp³-hybridized carbons (Fsp3) is 0.356. The molecule has 0 unspecified atom stereocenters. The summed E-state index contributed by atoms with van der Waals surface area (Å²) in [5.41, 5.74) is 4.79. The molecule has 0 heterocycles. The molecule has 80 heavy (non-hydrogen) atoms. The van der Waals surface area contributed by atoms with Gasteiger partial charge in [-0.25, -0.2) is 28.8 Å². The molecular formula is C59H64N2O19. The predicted molar refractivity (Wildman–Crippen MR) is 287 cm³/mol. The first kappa shape index (κ1) is 62.6. The average Bonchev–Trinajstić information content (AvgIpc) is 3.46. The van der Waals surface area contributed by atoms with Crippen LogP contribution in [0, 0.1) is 0 Å². The molecule has 5 aromatic carbocycles. The van der Waals surface area contributed by atoms with E-state index < -0.39 is 29.8 Å². The van der Waals surface area contributed by atoms with Gasteiger partial charge in [-0.15, -0.1) is 0 Å². The second-order valence-corrected chi connectivity index (χ2v) is 17.0. The zero-order valence-corrected chi connectivity index (χ0v) is 44.4. The maximum Gasteiger partial charge on any atom is 0.338 e. The summed E-state index contributed by atoms with van der Waals surface area (Å²) in [6, 6.07) is 32.1. The first-order valence-corrected chi connectivity index (χ1v) is 25.7. The Kier molecular flexibility index (Phi) is 28.7. The maximum absolute atomic E-state index is 12.8. The molecule has 1 amide bonds. The third-order valence-electron chi connectivity index (χ3n) is 11.0. The van der Waals surface area contributed by atoms with Gasteiger partial charge in [0.15, 0.2) is 0 Å². The number of hydrogen-bond acceptors (Lipinski definition) is 20. The van der Waals surface area contributed by atoms with Gasteiger partial charge in [-0.05, 0) is 109 Å². The number of esters is 5. The van der Waals surface area contributed by atoms with Crippen LogP contribution >= 0.6 is 0 Å². The molecule has 0 saturated heterocycles. The first-order chi connectivity index (χ1) is 39.0. The standard InChI is InChI=1S/C59H64N2O19/c1-2-76-55(65)46-13-7-45(8-14-46)41-54(64)61-52-21-17-50(18-22-52)59(69)80-38-34-75-30-26-71-24-28-73-32-36-78-57(67)48-11-5-44(6-12-48)40-53(63)39-43-3-9-47(10-4-43)56(66)77-35-31-72-27-23-70-25-29-74-33-37-79-58(68)49-15-19-51(20-16-49)60-42-62/h3-22H,2,23-41H2,1H3,(H,61,64). The summed E-state index contributed by atoms with van der Waals surface area (Å²) in [6.45, 7) is 5.18. The SMILES string of the molecule is CCOC(=O)c1ccc(CC(=O)Nc2ccc(C(=O)OCCOCCOCCOCCOC(=O)c3ccc(CC(=O)Cc4ccc(C(=O)OCCOCCOCCOCCOC(=O)c5ccc(N=C=O)cc5)cc4)cc3)cc2)cc1. The van der Waals surface area contributed by atoms with Crippen molar-refractivity contribution in [3.8, 4) is 0 Å². The number of aliphatic imine (C=N–C) groups is 1. The molecule has 0 spiro atoms. The fourth-order valence-corrected chi connectivity index (χ4v) is 7.00. The van der Waals surface area contributed by atoms with Gasteiger partial charge in [-0.3, -0.25) is 9.59 Å². The predicted octanol–water partition coefficient (Wildman–Crippen LogP) is 6.49. The summed E-state index contributed by atoms with van der Waals surface area (Å²) in [4.78, 5) is 100. The molecule has 424 valence electrons. The van der Waals surface area contributed by atoms with Crippen molar-refractivity contribution >= 4 is 59.0 Å². The van der Waals surface area contributed by atoms with Crippen molar-refractivity contribution in [1.29, 1.82) is 0 Å². The lowest BCUT2D eigenvalue weighted by atomic mass is 10.0. The molecule has 0 atom stereocenters. The van der Waals surface area contributed by atoms with Crippen molar-refractivity contribution in [2.24, 2.45) is 4.99 Å². The quantitative estimate of drug-likeness (QED) is 0.0145. The van der Waals surface area contributed by atoms with Gasteiger partial charge >= 0.3 is 29.8 Å². The molecule has 0 radical (unpaired) electrons. The van der Waals surface area contributed by atoms with Crippen molar-refractivity contribution in [1.82, 2.24) is 0 Å². The molecule has 0 aliphatic rings. The Morgan fingerprint density at radius 3 is 0.950 bits per heavy atom. The normalized spacial score (nSPS) is 10.7. The molecule has 0 aliphatic heterocycles. The van der Waals surface area contributed by atoms with E-state index in [0.29, 0.717) is 65.6 Å². The number of carbonyl (C=O) groups excluding carboxylic acids is 8. The Bertz CT molecular complexity index is 2760. The number of anilines is 1. The highest BCUT2D eigenvalue weighted by molar-refractivity contribution is 5.95. The lowest BCUT2D eigenvalue weighted by molar-refractivity contribution is -0.118. The molecule has 0 aliphatic carbocycles. The van der Waals surface area contributed by atoms with Gasteiger partial charge in [0.1, 0.15) is 32.2 Å². The number of benzene rings is 5. The smallest absolute Gasteiger partial charge is 0.338 e. The van der Waals surface area contributed by atoms with Gasteiger partial charge in [-0.2, -0.15) is 4.99 Å². The molecule has 5 rings (SSSR count). The minimum atomic E-state index is -0.536. The average molecular weight is 1110 g/mol. The van der Waals surface area contributed by atoms with Gasteiger partial charge in [0.2, 0.25) is 12.0 Å². The van der Waals surface area contributed by atoms with Crippen molar-refractivity contribution in [3.05, 3.63) is 166 Å². The van der Waals surface area contributed by atoms with Crippen LogP contribution in [-0.2, 0) is 85.8 Å². The highest BCUT2D eigenvalue weighted by Gasteiger charge is 2.14. The van der Waals surface area contributed by atoms with Gasteiger partial charge in [0.05, 0.1) is 126 Å². The Balaban J connectivity index is 0.795. The molecule has 0 fully saturated rings. The summed E-state index contributed by atoms with van der Waals surface area (Å²) >= 11 is 0. The van der Waals surface area contributed by atoms with E-state index in [-0.39, 0.29) is 117 Å². The summed E-state index contributed by atoms with van der Waals surface area (Å²) < 4.78 is 58.6. The second-order valence-electron chi connectivity index (χ2n) is 17.0.